The number of fused-ring (bicyclic) bond motifs is 1. The Kier molecular flexibility index (Phi) is 1.21. The Morgan fingerprint density at radius 1 is 1.58 bits per heavy atom. The highest BCUT2D eigenvalue weighted by Gasteiger charge is 2.01. The van der Waals surface area contributed by atoms with Gasteiger partial charge in [-0.2, -0.15) is 10.4 Å². The van der Waals surface area contributed by atoms with E-state index in [4.69, 9.17) is 5.26 Å². The lowest BCUT2D eigenvalue weighted by Gasteiger charge is -1.87. The molecule has 0 saturated heterocycles. The van der Waals surface area contributed by atoms with Gasteiger partial charge in [0.15, 0.2) is 0 Å². The van der Waals surface area contributed by atoms with Crippen molar-refractivity contribution in [2.45, 2.75) is 0 Å². The zero-order valence-electron chi connectivity index (χ0n) is 5.96. The highest BCUT2D eigenvalue weighted by molar-refractivity contribution is 5.74. The van der Waals surface area contributed by atoms with Crippen LogP contribution >= 0.6 is 0 Å². The zero-order valence-corrected chi connectivity index (χ0v) is 5.96. The molecule has 0 aliphatic rings. The molecule has 2 aromatic rings. The number of rotatable bonds is 0. The van der Waals surface area contributed by atoms with Crippen LogP contribution in [0.4, 0.5) is 0 Å². The van der Waals surface area contributed by atoms with E-state index in [1.165, 1.54) is 6.07 Å². The van der Waals surface area contributed by atoms with E-state index in [9.17, 15) is 4.79 Å². The molecule has 0 radical (unpaired) electrons. The normalized spacial score (nSPS) is 9.92. The first-order valence-corrected chi connectivity index (χ1v) is 3.28. The summed E-state index contributed by atoms with van der Waals surface area (Å²) in [6, 6.07) is 3.29. The van der Waals surface area contributed by atoms with Crippen molar-refractivity contribution in [1.82, 2.24) is 15.2 Å². The van der Waals surface area contributed by atoms with Gasteiger partial charge in [0.05, 0.1) is 6.20 Å². The molecule has 0 aromatic carbocycles. The summed E-state index contributed by atoms with van der Waals surface area (Å²) in [5, 5.41) is 15.6. The molecular weight excluding hydrogens is 156 g/mol. The van der Waals surface area contributed by atoms with Crippen LogP contribution in [0.25, 0.3) is 11.0 Å². The molecule has 5 nitrogen and oxygen atoms in total. The summed E-state index contributed by atoms with van der Waals surface area (Å²) in [5.41, 5.74) is 0.247. The molecule has 12 heavy (non-hydrogen) atoms. The lowest BCUT2D eigenvalue weighted by atomic mass is 10.2. The van der Waals surface area contributed by atoms with E-state index in [1.807, 2.05) is 0 Å². The second kappa shape index (κ2) is 2.20. The van der Waals surface area contributed by atoms with Crippen molar-refractivity contribution >= 4 is 11.0 Å². The summed E-state index contributed by atoms with van der Waals surface area (Å²) in [5.74, 6) is 0. The lowest BCUT2D eigenvalue weighted by Crippen LogP contribution is -2.08. The van der Waals surface area contributed by atoms with Gasteiger partial charge >= 0.3 is 0 Å². The molecule has 0 spiro atoms. The number of hydrogen-bond acceptors (Lipinski definition) is 3. The number of aromatic amines is 2. The highest BCUT2D eigenvalue weighted by Crippen LogP contribution is 2.04. The van der Waals surface area contributed by atoms with Crippen molar-refractivity contribution in [3.8, 4) is 6.07 Å². The van der Waals surface area contributed by atoms with Gasteiger partial charge in [0.1, 0.15) is 17.3 Å². The van der Waals surface area contributed by atoms with Gasteiger partial charge in [-0.15, -0.1) is 0 Å². The third kappa shape index (κ3) is 0.787. The Morgan fingerprint density at radius 3 is 3.17 bits per heavy atom. The number of pyridine rings is 1. The van der Waals surface area contributed by atoms with Gasteiger partial charge in [0.25, 0.3) is 5.56 Å². The molecule has 0 saturated carbocycles. The van der Waals surface area contributed by atoms with E-state index in [1.54, 1.807) is 12.3 Å². The molecule has 2 heterocycles. The van der Waals surface area contributed by atoms with Crippen LogP contribution in [-0.2, 0) is 0 Å². The van der Waals surface area contributed by atoms with Gasteiger partial charge < -0.3 is 4.98 Å². The van der Waals surface area contributed by atoms with Crippen molar-refractivity contribution in [3.63, 3.8) is 0 Å². The fourth-order valence-corrected chi connectivity index (χ4v) is 0.990. The average molecular weight is 160 g/mol. The number of nitriles is 1. The maximum absolute atomic E-state index is 11.0. The molecule has 58 valence electrons. The van der Waals surface area contributed by atoms with Crippen LogP contribution in [0.3, 0.4) is 0 Å². The first-order chi connectivity index (χ1) is 5.81. The summed E-state index contributed by atoms with van der Waals surface area (Å²) in [4.78, 5) is 13.5. The molecule has 5 heteroatoms. The molecule has 0 atom stereocenters. The van der Waals surface area contributed by atoms with E-state index in [0.29, 0.717) is 5.65 Å². The Morgan fingerprint density at radius 2 is 2.42 bits per heavy atom. The van der Waals surface area contributed by atoms with E-state index in [2.05, 4.69) is 15.2 Å². The average Bonchev–Trinajstić information content (AvgIpc) is 2.49. The number of nitrogens with zero attached hydrogens (tertiary/aromatic N) is 2. The maximum Gasteiger partial charge on any atom is 0.267 e. The molecule has 0 aliphatic heterocycles. The molecule has 2 aromatic heterocycles. The van der Waals surface area contributed by atoms with Gasteiger partial charge in [-0.05, 0) is 6.07 Å². The summed E-state index contributed by atoms with van der Waals surface area (Å²) < 4.78 is 0. The molecule has 0 bridgehead atoms. The predicted octanol–water partition coefficient (Wildman–Crippen LogP) is 0.123. The van der Waals surface area contributed by atoms with Crippen molar-refractivity contribution < 1.29 is 0 Å². The third-order valence-corrected chi connectivity index (χ3v) is 1.57. The van der Waals surface area contributed by atoms with E-state index >= 15 is 0 Å². The maximum atomic E-state index is 11.0. The van der Waals surface area contributed by atoms with Gasteiger partial charge in [0, 0.05) is 5.39 Å². The molecule has 0 aliphatic carbocycles. The first kappa shape index (κ1) is 6.61. The first-order valence-electron chi connectivity index (χ1n) is 3.28. The lowest BCUT2D eigenvalue weighted by molar-refractivity contribution is 1.09. The van der Waals surface area contributed by atoms with Gasteiger partial charge in [0.2, 0.25) is 0 Å². The van der Waals surface area contributed by atoms with Crippen LogP contribution in [0, 0.1) is 11.3 Å². The molecular formula is C7H4N4O. The second-order valence-corrected chi connectivity index (χ2v) is 2.32. The smallest absolute Gasteiger partial charge is 0.267 e. The Hall–Kier alpha value is -2.09. The van der Waals surface area contributed by atoms with Crippen LogP contribution in [-0.4, -0.2) is 15.2 Å². The van der Waals surface area contributed by atoms with E-state index < -0.39 is 5.56 Å². The molecule has 0 unspecified atom stereocenters. The zero-order chi connectivity index (χ0) is 8.55. The minimum Gasteiger partial charge on any atom is -0.306 e. The number of nitrogens with one attached hydrogen (secondary N) is 2. The standard InChI is InChI=1S/C7H4N4O/c8-2-4-1-5-3-9-11-6(5)10-7(4)12/h1,3H,(H2,9,10,11,12). The molecule has 2 N–H and O–H groups in total. The monoisotopic (exact) mass is 160 g/mol. The van der Waals surface area contributed by atoms with Crippen molar-refractivity contribution in [1.29, 1.82) is 5.26 Å². The largest absolute Gasteiger partial charge is 0.306 e. The highest BCUT2D eigenvalue weighted by atomic mass is 16.1. The summed E-state index contributed by atoms with van der Waals surface area (Å²) >= 11 is 0. The van der Waals surface area contributed by atoms with Crippen LogP contribution in [0.15, 0.2) is 17.1 Å². The van der Waals surface area contributed by atoms with Crippen LogP contribution in [0.2, 0.25) is 0 Å². The fraction of sp³-hybridized carbons (Fsp3) is 0. The van der Waals surface area contributed by atoms with Crippen LogP contribution in [0.5, 0.6) is 0 Å². The van der Waals surface area contributed by atoms with Crippen molar-refractivity contribution in [2.24, 2.45) is 0 Å². The summed E-state index contributed by atoms with van der Waals surface area (Å²) in [6.45, 7) is 0. The Bertz CT molecular complexity index is 516. The van der Waals surface area contributed by atoms with Gasteiger partial charge in [-0.3, -0.25) is 9.89 Å². The van der Waals surface area contributed by atoms with Crippen LogP contribution < -0.4 is 5.56 Å². The minimum absolute atomic E-state index is 0.101. The summed E-state index contributed by atoms with van der Waals surface area (Å²) in [6.07, 6.45) is 1.55. The van der Waals surface area contributed by atoms with Crippen molar-refractivity contribution in [3.05, 3.63) is 28.2 Å². The molecule has 2 rings (SSSR count). The number of hydrogen-bond donors (Lipinski definition) is 2. The van der Waals surface area contributed by atoms with Crippen LogP contribution in [0.1, 0.15) is 5.56 Å². The van der Waals surface area contributed by atoms with Crippen molar-refractivity contribution in [2.75, 3.05) is 0 Å². The second-order valence-electron chi connectivity index (χ2n) is 2.32. The van der Waals surface area contributed by atoms with Gasteiger partial charge in [-0.1, -0.05) is 0 Å². The predicted molar refractivity (Wildman–Crippen MR) is 41.4 cm³/mol. The minimum atomic E-state index is -0.394. The SMILES string of the molecule is N#Cc1cc2cn[nH]c2[nH]c1=O. The summed E-state index contributed by atoms with van der Waals surface area (Å²) in [7, 11) is 0. The fourth-order valence-electron chi connectivity index (χ4n) is 0.990. The third-order valence-electron chi connectivity index (χ3n) is 1.57. The molecule has 0 amide bonds. The Balaban J connectivity index is 2.93. The number of aromatic nitrogens is 3. The Labute approximate surface area is 66.6 Å². The van der Waals surface area contributed by atoms with Gasteiger partial charge in [-0.25, -0.2) is 0 Å². The van der Waals surface area contributed by atoms with E-state index in [-0.39, 0.29) is 5.56 Å². The molecule has 0 fully saturated rings. The number of H-pyrrole nitrogens is 2. The quantitative estimate of drug-likeness (QED) is 0.574. The van der Waals surface area contributed by atoms with E-state index in [0.717, 1.165) is 5.39 Å². The topological polar surface area (TPSA) is 85.3 Å².